The van der Waals surface area contributed by atoms with Crippen molar-refractivity contribution in [2.24, 2.45) is 11.8 Å². The maximum atomic E-state index is 12.1. The van der Waals surface area contributed by atoms with Crippen molar-refractivity contribution in [3.8, 4) is 0 Å². The van der Waals surface area contributed by atoms with Crippen LogP contribution in [0.4, 0.5) is 0 Å². The molecular weight excluding hydrogens is 320 g/mol. The van der Waals surface area contributed by atoms with Gasteiger partial charge in [-0.1, -0.05) is 35.9 Å². The standard InChI is InChI=1S/C16H17ClN2O4/c17-11-7-5-10(6-8-11)9-14(20)18-19-15(21)12-3-1-2-4-13(12)16(22)23/h1-2,5-8,12-13H,3-4,9H2,(H,18,20)(H,19,21)(H,22,23)/t12-,13+/m1/s1. The number of hydrogen-bond donors (Lipinski definition) is 3. The van der Waals surface area contributed by atoms with Crippen LogP contribution < -0.4 is 10.9 Å². The number of aliphatic carboxylic acids is 1. The van der Waals surface area contributed by atoms with Crippen LogP contribution in [0.3, 0.4) is 0 Å². The van der Waals surface area contributed by atoms with Gasteiger partial charge in [-0.05, 0) is 30.5 Å². The minimum absolute atomic E-state index is 0.0877. The Morgan fingerprint density at radius 1 is 1.04 bits per heavy atom. The number of amides is 2. The zero-order chi connectivity index (χ0) is 16.8. The van der Waals surface area contributed by atoms with Gasteiger partial charge in [0.2, 0.25) is 11.8 Å². The number of carboxylic acid groups (broad SMARTS) is 1. The van der Waals surface area contributed by atoms with E-state index in [1.54, 1.807) is 36.4 Å². The zero-order valence-corrected chi connectivity index (χ0v) is 13.0. The van der Waals surface area contributed by atoms with E-state index < -0.39 is 23.7 Å². The molecule has 23 heavy (non-hydrogen) atoms. The van der Waals surface area contributed by atoms with Crippen molar-refractivity contribution < 1.29 is 19.5 Å². The summed E-state index contributed by atoms with van der Waals surface area (Å²) in [5.41, 5.74) is 5.38. The normalized spacial score (nSPS) is 19.9. The van der Waals surface area contributed by atoms with Gasteiger partial charge in [0.1, 0.15) is 0 Å². The molecule has 6 nitrogen and oxygen atoms in total. The van der Waals surface area contributed by atoms with E-state index in [0.29, 0.717) is 17.9 Å². The van der Waals surface area contributed by atoms with Crippen LogP contribution in [-0.2, 0) is 20.8 Å². The Morgan fingerprint density at radius 2 is 1.65 bits per heavy atom. The highest BCUT2D eigenvalue weighted by atomic mass is 35.5. The molecule has 2 rings (SSSR count). The maximum Gasteiger partial charge on any atom is 0.307 e. The summed E-state index contributed by atoms with van der Waals surface area (Å²) in [7, 11) is 0. The third-order valence-electron chi connectivity index (χ3n) is 3.69. The van der Waals surface area contributed by atoms with E-state index in [1.165, 1.54) is 0 Å². The van der Waals surface area contributed by atoms with Gasteiger partial charge in [-0.3, -0.25) is 25.2 Å². The number of carbonyl (C=O) groups is 3. The first kappa shape index (κ1) is 17.0. The predicted molar refractivity (Wildman–Crippen MR) is 84.4 cm³/mol. The number of allylic oxidation sites excluding steroid dienone is 2. The van der Waals surface area contributed by atoms with Crippen LogP contribution in [0.5, 0.6) is 0 Å². The van der Waals surface area contributed by atoms with Crippen LogP contribution in [0.15, 0.2) is 36.4 Å². The maximum absolute atomic E-state index is 12.1. The molecule has 1 aromatic rings. The monoisotopic (exact) mass is 336 g/mol. The summed E-state index contributed by atoms with van der Waals surface area (Å²) in [5.74, 6) is -3.35. The Kier molecular flexibility index (Phi) is 5.76. The van der Waals surface area contributed by atoms with Crippen molar-refractivity contribution in [3.05, 3.63) is 47.0 Å². The van der Waals surface area contributed by atoms with Gasteiger partial charge >= 0.3 is 5.97 Å². The van der Waals surface area contributed by atoms with Gasteiger partial charge in [0.05, 0.1) is 18.3 Å². The molecule has 0 spiro atoms. The molecule has 122 valence electrons. The van der Waals surface area contributed by atoms with Gasteiger partial charge in [-0.15, -0.1) is 0 Å². The van der Waals surface area contributed by atoms with Gasteiger partial charge in [0.15, 0.2) is 0 Å². The largest absolute Gasteiger partial charge is 0.481 e. The number of benzene rings is 1. The molecule has 2 amide bonds. The lowest BCUT2D eigenvalue weighted by atomic mass is 9.82. The van der Waals surface area contributed by atoms with E-state index in [4.69, 9.17) is 16.7 Å². The number of nitrogens with one attached hydrogen (secondary N) is 2. The predicted octanol–water partition coefficient (Wildman–Crippen LogP) is 1.70. The molecule has 3 N–H and O–H groups in total. The Bertz CT molecular complexity index is 627. The number of carboxylic acids is 1. The Balaban J connectivity index is 1.85. The van der Waals surface area contributed by atoms with E-state index in [-0.39, 0.29) is 12.3 Å². The molecular formula is C16H17ClN2O4. The molecule has 0 fully saturated rings. The Hall–Kier alpha value is -2.34. The van der Waals surface area contributed by atoms with E-state index >= 15 is 0 Å². The summed E-state index contributed by atoms with van der Waals surface area (Å²) in [6.07, 6.45) is 4.27. The van der Waals surface area contributed by atoms with Crippen molar-refractivity contribution in [3.63, 3.8) is 0 Å². The molecule has 0 unspecified atom stereocenters. The number of hydrazine groups is 1. The fourth-order valence-electron chi connectivity index (χ4n) is 2.43. The highest BCUT2D eigenvalue weighted by Crippen LogP contribution is 2.25. The van der Waals surface area contributed by atoms with Gasteiger partial charge in [-0.25, -0.2) is 0 Å². The minimum Gasteiger partial charge on any atom is -0.481 e. The molecule has 1 aliphatic carbocycles. The van der Waals surface area contributed by atoms with Gasteiger partial charge in [0.25, 0.3) is 0 Å². The summed E-state index contributed by atoms with van der Waals surface area (Å²) in [6.45, 7) is 0. The lowest BCUT2D eigenvalue weighted by molar-refractivity contribution is -0.147. The molecule has 0 radical (unpaired) electrons. The van der Waals surface area contributed by atoms with E-state index in [0.717, 1.165) is 5.56 Å². The third-order valence-corrected chi connectivity index (χ3v) is 3.94. The van der Waals surface area contributed by atoms with Gasteiger partial charge < -0.3 is 5.11 Å². The van der Waals surface area contributed by atoms with Crippen LogP contribution in [0.25, 0.3) is 0 Å². The van der Waals surface area contributed by atoms with Crippen molar-refractivity contribution in [1.29, 1.82) is 0 Å². The summed E-state index contributed by atoms with van der Waals surface area (Å²) in [4.78, 5) is 35.0. The van der Waals surface area contributed by atoms with Crippen LogP contribution in [0.1, 0.15) is 18.4 Å². The SMILES string of the molecule is O=C(Cc1ccc(Cl)cc1)NNC(=O)[C@@H]1CC=CC[C@@H]1C(=O)O. The van der Waals surface area contributed by atoms with Crippen LogP contribution in [0, 0.1) is 11.8 Å². The number of rotatable bonds is 4. The second-order valence-corrected chi connectivity index (χ2v) is 5.77. The lowest BCUT2D eigenvalue weighted by Crippen LogP contribution is -2.47. The van der Waals surface area contributed by atoms with Crippen LogP contribution in [0.2, 0.25) is 5.02 Å². The van der Waals surface area contributed by atoms with Gasteiger partial charge in [0, 0.05) is 5.02 Å². The highest BCUT2D eigenvalue weighted by Gasteiger charge is 2.34. The van der Waals surface area contributed by atoms with Crippen molar-refractivity contribution in [2.45, 2.75) is 19.3 Å². The summed E-state index contributed by atoms with van der Waals surface area (Å²) < 4.78 is 0. The Labute approximate surface area is 138 Å². The quantitative estimate of drug-likeness (QED) is 0.576. The molecule has 0 bridgehead atoms. The minimum atomic E-state index is -1.01. The van der Waals surface area contributed by atoms with E-state index in [2.05, 4.69) is 10.9 Å². The summed E-state index contributed by atoms with van der Waals surface area (Å²) in [6, 6.07) is 6.79. The van der Waals surface area contributed by atoms with Gasteiger partial charge in [-0.2, -0.15) is 0 Å². The zero-order valence-electron chi connectivity index (χ0n) is 12.3. The third kappa shape index (κ3) is 4.82. The smallest absolute Gasteiger partial charge is 0.307 e. The average Bonchev–Trinajstić information content (AvgIpc) is 2.54. The molecule has 7 heteroatoms. The number of carbonyl (C=O) groups excluding carboxylic acids is 2. The first-order valence-corrected chi connectivity index (χ1v) is 7.56. The average molecular weight is 337 g/mol. The van der Waals surface area contributed by atoms with Crippen molar-refractivity contribution in [1.82, 2.24) is 10.9 Å². The molecule has 1 aromatic carbocycles. The summed E-state index contributed by atoms with van der Waals surface area (Å²) in [5, 5.41) is 9.72. The summed E-state index contributed by atoms with van der Waals surface area (Å²) >= 11 is 5.77. The molecule has 0 aliphatic heterocycles. The topological polar surface area (TPSA) is 95.5 Å². The Morgan fingerprint density at radius 3 is 2.26 bits per heavy atom. The molecule has 0 heterocycles. The molecule has 2 atom stereocenters. The van der Waals surface area contributed by atoms with E-state index in [9.17, 15) is 14.4 Å². The number of hydrogen-bond acceptors (Lipinski definition) is 3. The first-order chi connectivity index (χ1) is 11.0. The molecule has 0 saturated heterocycles. The van der Waals surface area contributed by atoms with Crippen LogP contribution in [-0.4, -0.2) is 22.9 Å². The van der Waals surface area contributed by atoms with E-state index in [1.807, 2.05) is 0 Å². The van der Waals surface area contributed by atoms with Crippen LogP contribution >= 0.6 is 11.6 Å². The fourth-order valence-corrected chi connectivity index (χ4v) is 2.56. The molecule has 0 saturated carbocycles. The first-order valence-electron chi connectivity index (χ1n) is 7.18. The van der Waals surface area contributed by atoms with Crippen molar-refractivity contribution >= 4 is 29.4 Å². The second kappa shape index (κ2) is 7.78. The highest BCUT2D eigenvalue weighted by molar-refractivity contribution is 6.30. The lowest BCUT2D eigenvalue weighted by Gasteiger charge is -2.24. The number of halogens is 1. The molecule has 1 aliphatic rings. The molecule has 0 aromatic heterocycles. The second-order valence-electron chi connectivity index (χ2n) is 5.33. The fraction of sp³-hybridized carbons (Fsp3) is 0.312. The van der Waals surface area contributed by atoms with Crippen molar-refractivity contribution in [2.75, 3.05) is 0 Å².